The zero-order chi connectivity index (χ0) is 10.9. The number of rotatable bonds is 4. The summed E-state index contributed by atoms with van der Waals surface area (Å²) in [6.07, 6.45) is 0. The Morgan fingerprint density at radius 2 is 1.79 bits per heavy atom. The van der Waals surface area contributed by atoms with Crippen molar-refractivity contribution in [3.05, 3.63) is 0 Å². The summed E-state index contributed by atoms with van der Waals surface area (Å²) in [6.45, 7) is 3.62. The van der Waals surface area contributed by atoms with Gasteiger partial charge in [0.25, 0.3) is 0 Å². The minimum absolute atomic E-state index is 0. The second-order valence-electron chi connectivity index (χ2n) is 2.58. The lowest BCUT2D eigenvalue weighted by Gasteiger charge is -1.99. The van der Waals surface area contributed by atoms with Gasteiger partial charge in [-0.25, -0.2) is 0 Å². The number of carboxylic acids is 1. The molecule has 0 aromatic rings. The van der Waals surface area contributed by atoms with Crippen molar-refractivity contribution in [1.29, 1.82) is 0 Å². The number of aliphatic carboxylic acids is 1. The molecule has 0 heterocycles. The smallest absolute Gasteiger partial charge is 0.320 e. The largest absolute Gasteiger partial charge is 0.480 e. The second kappa shape index (κ2) is 12.1. The first kappa shape index (κ1) is 18.8. The van der Waals surface area contributed by atoms with Gasteiger partial charge in [-0.15, -0.1) is 0 Å². The Labute approximate surface area is 85.9 Å². The maximum atomic E-state index is 9.98. The van der Waals surface area contributed by atoms with Crippen LogP contribution in [0.25, 0.3) is 0 Å². The minimum atomic E-state index is -0.817. The van der Waals surface area contributed by atoms with E-state index in [4.69, 9.17) is 5.11 Å². The van der Waals surface area contributed by atoms with Crippen molar-refractivity contribution < 1.29 is 14.7 Å². The van der Waals surface area contributed by atoms with Gasteiger partial charge in [-0.2, -0.15) is 0 Å². The van der Waals surface area contributed by atoms with Crippen LogP contribution in [0.3, 0.4) is 0 Å². The molecule has 0 spiro atoms. The van der Waals surface area contributed by atoms with E-state index in [-0.39, 0.29) is 13.2 Å². The molecule has 0 fully saturated rings. The van der Waals surface area contributed by atoms with Crippen molar-refractivity contribution in [1.82, 2.24) is 10.6 Å². The molecular formula is C9H22N2O3. The number of carbonyl (C=O) groups is 2. The Bertz CT molecular complexity index is 160. The van der Waals surface area contributed by atoms with Crippen molar-refractivity contribution >= 4 is 11.8 Å². The van der Waals surface area contributed by atoms with Crippen LogP contribution in [-0.4, -0.2) is 43.5 Å². The summed E-state index contributed by atoms with van der Waals surface area (Å²) < 4.78 is 0. The molecule has 5 nitrogen and oxygen atoms in total. The van der Waals surface area contributed by atoms with Crippen LogP contribution in [-0.2, 0) is 9.59 Å². The fourth-order valence-corrected chi connectivity index (χ4v) is 0.372. The van der Waals surface area contributed by atoms with E-state index in [9.17, 15) is 9.59 Å². The molecule has 5 heteroatoms. The van der Waals surface area contributed by atoms with Crippen molar-refractivity contribution in [3.63, 3.8) is 0 Å². The molecule has 1 atom stereocenters. The van der Waals surface area contributed by atoms with Crippen molar-refractivity contribution in [2.45, 2.75) is 27.3 Å². The molecule has 0 saturated heterocycles. The van der Waals surface area contributed by atoms with Gasteiger partial charge in [0.2, 0.25) is 0 Å². The Morgan fingerprint density at radius 3 is 1.79 bits per heavy atom. The standard InChI is InChI=1S/C4H9NO2.C4H9NO.CH4/c1-3(5-2)4(6)7;1-4(6)3-5-2;/h3,5H,1-2H3,(H,6,7);5H,3H2,1-2H3;1H4. The van der Waals surface area contributed by atoms with E-state index >= 15 is 0 Å². The van der Waals surface area contributed by atoms with Crippen LogP contribution < -0.4 is 10.6 Å². The van der Waals surface area contributed by atoms with Gasteiger partial charge < -0.3 is 15.7 Å². The highest BCUT2D eigenvalue weighted by atomic mass is 16.4. The summed E-state index contributed by atoms with van der Waals surface area (Å²) in [5.74, 6) is -0.639. The molecule has 86 valence electrons. The molecule has 0 amide bonds. The van der Waals surface area contributed by atoms with Crippen LogP contribution in [0, 0.1) is 0 Å². The molecule has 0 aromatic heterocycles. The van der Waals surface area contributed by atoms with Crippen LogP contribution in [0.4, 0.5) is 0 Å². The highest BCUT2D eigenvalue weighted by molar-refractivity contribution is 5.77. The highest BCUT2D eigenvalue weighted by Gasteiger charge is 2.04. The maximum absolute atomic E-state index is 9.98. The fourth-order valence-electron chi connectivity index (χ4n) is 0.372. The first-order valence-corrected chi connectivity index (χ1v) is 3.99. The predicted octanol–water partition coefficient (Wildman–Crippen LogP) is 0.110. The number of likely N-dealkylation sites (N-methyl/N-ethyl adjacent to an activating group) is 2. The Morgan fingerprint density at radius 1 is 1.36 bits per heavy atom. The molecule has 0 aliphatic heterocycles. The second-order valence-corrected chi connectivity index (χ2v) is 2.58. The number of Topliss-reactive ketones (excluding diaryl/α,β-unsaturated/α-hetero) is 1. The van der Waals surface area contributed by atoms with Crippen molar-refractivity contribution in [2.75, 3.05) is 20.6 Å². The molecule has 0 radical (unpaired) electrons. The molecule has 0 rings (SSSR count). The van der Waals surface area contributed by atoms with E-state index in [0.29, 0.717) is 6.54 Å². The van der Waals surface area contributed by atoms with E-state index in [1.807, 2.05) is 0 Å². The molecule has 14 heavy (non-hydrogen) atoms. The number of carbonyl (C=O) groups excluding carboxylic acids is 1. The molecule has 3 N–H and O–H groups in total. The van der Waals surface area contributed by atoms with Crippen molar-refractivity contribution in [3.8, 4) is 0 Å². The molecular weight excluding hydrogens is 184 g/mol. The van der Waals surface area contributed by atoms with Gasteiger partial charge in [0, 0.05) is 0 Å². The normalized spacial score (nSPS) is 10.3. The van der Waals surface area contributed by atoms with Crippen LogP contribution in [0.5, 0.6) is 0 Å². The summed E-state index contributed by atoms with van der Waals surface area (Å²) in [4.78, 5) is 19.8. The van der Waals surface area contributed by atoms with Crippen LogP contribution in [0.15, 0.2) is 0 Å². The highest BCUT2D eigenvalue weighted by Crippen LogP contribution is 1.74. The first-order chi connectivity index (χ1) is 5.95. The number of hydrogen-bond donors (Lipinski definition) is 3. The number of hydrogen-bond acceptors (Lipinski definition) is 4. The third kappa shape index (κ3) is 17.2. The summed E-state index contributed by atoms with van der Waals surface area (Å²) >= 11 is 0. The lowest BCUT2D eigenvalue weighted by Crippen LogP contribution is -2.29. The molecule has 0 bridgehead atoms. The fraction of sp³-hybridized carbons (Fsp3) is 0.778. The Kier molecular flexibility index (Phi) is 16.2. The van der Waals surface area contributed by atoms with Crippen molar-refractivity contribution in [2.24, 2.45) is 0 Å². The molecule has 0 aliphatic carbocycles. The van der Waals surface area contributed by atoms with Gasteiger partial charge in [-0.1, -0.05) is 7.43 Å². The van der Waals surface area contributed by atoms with E-state index in [1.165, 1.54) is 0 Å². The molecule has 1 unspecified atom stereocenters. The maximum Gasteiger partial charge on any atom is 0.320 e. The Balaban J connectivity index is -0.000000163. The third-order valence-electron chi connectivity index (χ3n) is 1.23. The number of carboxylic acid groups (broad SMARTS) is 1. The molecule has 0 aliphatic rings. The van der Waals surface area contributed by atoms with Gasteiger partial charge in [-0.05, 0) is 27.9 Å². The summed E-state index contributed by atoms with van der Waals surface area (Å²) in [5, 5.41) is 13.4. The number of ketones is 1. The topological polar surface area (TPSA) is 78.4 Å². The summed E-state index contributed by atoms with van der Waals surface area (Å²) in [5.41, 5.74) is 0. The average Bonchev–Trinajstić information content (AvgIpc) is 2.03. The monoisotopic (exact) mass is 206 g/mol. The molecule has 0 aromatic carbocycles. The SMILES string of the molecule is C.CNC(C)C(=O)O.CNCC(C)=O. The minimum Gasteiger partial charge on any atom is -0.480 e. The van der Waals surface area contributed by atoms with E-state index in [2.05, 4.69) is 10.6 Å². The summed E-state index contributed by atoms with van der Waals surface area (Å²) in [6, 6.07) is -0.431. The lowest BCUT2D eigenvalue weighted by atomic mass is 10.4. The van der Waals surface area contributed by atoms with E-state index in [0.717, 1.165) is 0 Å². The predicted molar refractivity (Wildman–Crippen MR) is 57.5 cm³/mol. The van der Waals surface area contributed by atoms with Gasteiger partial charge in [0.15, 0.2) is 0 Å². The van der Waals surface area contributed by atoms with Gasteiger partial charge in [0.05, 0.1) is 6.54 Å². The molecule has 0 saturated carbocycles. The Hall–Kier alpha value is -0.940. The van der Waals surface area contributed by atoms with E-state index < -0.39 is 12.0 Å². The van der Waals surface area contributed by atoms with E-state index in [1.54, 1.807) is 27.9 Å². The van der Waals surface area contributed by atoms with Gasteiger partial charge in [0.1, 0.15) is 11.8 Å². The summed E-state index contributed by atoms with van der Waals surface area (Å²) in [7, 11) is 3.36. The zero-order valence-electron chi connectivity index (χ0n) is 8.55. The third-order valence-corrected chi connectivity index (χ3v) is 1.23. The van der Waals surface area contributed by atoms with Gasteiger partial charge in [-0.3, -0.25) is 9.59 Å². The number of nitrogens with one attached hydrogen (secondary N) is 2. The lowest BCUT2D eigenvalue weighted by molar-refractivity contribution is -0.138. The van der Waals surface area contributed by atoms with Crippen LogP contribution in [0.1, 0.15) is 21.3 Å². The van der Waals surface area contributed by atoms with Gasteiger partial charge >= 0.3 is 5.97 Å². The zero-order valence-corrected chi connectivity index (χ0v) is 8.55. The average molecular weight is 206 g/mol. The van der Waals surface area contributed by atoms with Crippen LogP contribution in [0.2, 0.25) is 0 Å². The van der Waals surface area contributed by atoms with Crippen LogP contribution >= 0.6 is 0 Å². The quantitative estimate of drug-likeness (QED) is 0.608. The first-order valence-electron chi connectivity index (χ1n) is 3.99.